The molecule has 0 aliphatic carbocycles. The molecule has 7 aromatic carbocycles. The molecule has 9 aromatic rings. The van der Waals surface area contributed by atoms with Gasteiger partial charge >= 0.3 is 0 Å². The lowest BCUT2D eigenvalue weighted by Crippen LogP contribution is -2.04. The van der Waals surface area contributed by atoms with Crippen molar-refractivity contribution in [2.45, 2.75) is 6.42 Å². The molecule has 0 bridgehead atoms. The second kappa shape index (κ2) is 14.5. The molecule has 256 valence electrons. The molecule has 0 aliphatic rings. The first-order valence-corrected chi connectivity index (χ1v) is 18.1. The first-order chi connectivity index (χ1) is 26.7. The largest absolute Gasteiger partial charge is 0.456 e. The lowest BCUT2D eigenvalue weighted by atomic mass is 9.99. The molecule has 0 unspecified atom stereocenters. The number of nitrogens with zero attached hydrogens (tertiary/aromatic N) is 3. The van der Waals surface area contributed by atoms with Gasteiger partial charge in [0.1, 0.15) is 17.2 Å². The van der Waals surface area contributed by atoms with Gasteiger partial charge in [-0.1, -0.05) is 176 Å². The van der Waals surface area contributed by atoms with Crippen molar-refractivity contribution in [2.24, 2.45) is 0 Å². The normalized spacial score (nSPS) is 11.4. The summed E-state index contributed by atoms with van der Waals surface area (Å²) >= 11 is 0. The van der Waals surface area contributed by atoms with Crippen LogP contribution in [0.2, 0.25) is 0 Å². The molecule has 9 rings (SSSR count). The maximum atomic E-state index is 6.56. The van der Waals surface area contributed by atoms with Crippen LogP contribution in [0, 0.1) is 0 Å². The number of benzene rings is 7. The number of rotatable bonds is 9. The van der Waals surface area contributed by atoms with Crippen molar-refractivity contribution in [1.29, 1.82) is 0 Å². The highest BCUT2D eigenvalue weighted by molar-refractivity contribution is 5.89. The number of allylic oxidation sites excluding steroid dienone is 2. The molecule has 0 spiro atoms. The summed E-state index contributed by atoms with van der Waals surface area (Å²) in [6.45, 7) is 3.90. The Bertz CT molecular complexity index is 2780. The second-order valence-electron chi connectivity index (χ2n) is 13.3. The van der Waals surface area contributed by atoms with Gasteiger partial charge in [-0.15, -0.1) is 0 Å². The maximum Gasteiger partial charge on any atom is 0.163 e. The summed E-state index contributed by atoms with van der Waals surface area (Å²) in [6.07, 6.45) is 6.07. The number of fused-ring (bicyclic) bond motifs is 2. The molecule has 54 heavy (non-hydrogen) atoms. The lowest BCUT2D eigenvalue weighted by molar-refractivity contribution is 0.599. The molecule has 0 radical (unpaired) electrons. The van der Waals surface area contributed by atoms with Gasteiger partial charge in [0.15, 0.2) is 11.6 Å². The van der Waals surface area contributed by atoms with E-state index >= 15 is 0 Å². The lowest BCUT2D eigenvalue weighted by Gasteiger charge is -2.10. The van der Waals surface area contributed by atoms with Gasteiger partial charge in [0.2, 0.25) is 0 Å². The van der Waals surface area contributed by atoms with Gasteiger partial charge < -0.3 is 4.42 Å². The summed E-state index contributed by atoms with van der Waals surface area (Å²) < 4.78 is 6.56. The smallest absolute Gasteiger partial charge is 0.163 e. The molecule has 2 heterocycles. The Morgan fingerprint density at radius 2 is 0.981 bits per heavy atom. The minimum atomic E-state index is 0.452. The third-order valence-electron chi connectivity index (χ3n) is 9.81. The molecule has 0 saturated carbocycles. The van der Waals surface area contributed by atoms with E-state index in [1.807, 2.05) is 24.3 Å². The van der Waals surface area contributed by atoms with Crippen molar-refractivity contribution in [1.82, 2.24) is 15.0 Å². The molecule has 0 saturated heterocycles. The third-order valence-corrected chi connectivity index (χ3v) is 9.81. The van der Waals surface area contributed by atoms with E-state index in [4.69, 9.17) is 19.4 Å². The van der Waals surface area contributed by atoms with E-state index in [2.05, 4.69) is 164 Å². The van der Waals surface area contributed by atoms with Crippen LogP contribution in [0.1, 0.15) is 17.1 Å². The van der Waals surface area contributed by atoms with Crippen molar-refractivity contribution >= 4 is 27.8 Å². The van der Waals surface area contributed by atoms with Crippen molar-refractivity contribution in [3.05, 3.63) is 206 Å². The highest BCUT2D eigenvalue weighted by Gasteiger charge is 2.18. The third kappa shape index (κ3) is 6.65. The summed E-state index contributed by atoms with van der Waals surface area (Å²) in [5, 5.41) is 3.32. The Labute approximate surface area is 314 Å². The van der Waals surface area contributed by atoms with Gasteiger partial charge in [-0.25, -0.2) is 15.0 Å². The zero-order valence-electron chi connectivity index (χ0n) is 29.6. The fourth-order valence-corrected chi connectivity index (χ4v) is 6.99. The van der Waals surface area contributed by atoms with E-state index in [-0.39, 0.29) is 0 Å². The highest BCUT2D eigenvalue weighted by Crippen LogP contribution is 2.34. The number of aromatic nitrogens is 3. The van der Waals surface area contributed by atoms with Crippen LogP contribution < -0.4 is 0 Å². The maximum absolute atomic E-state index is 6.56. The van der Waals surface area contributed by atoms with E-state index < -0.39 is 0 Å². The van der Waals surface area contributed by atoms with Crippen molar-refractivity contribution in [2.75, 3.05) is 0 Å². The zero-order valence-corrected chi connectivity index (χ0v) is 29.6. The standard InChI is InChI=1S/C50H35N3O/c1-2-3-18-46-45(44-30-29-42(32-47(44)54-46)39-21-19-37(20-22-39)34-12-6-4-7-13-34)33-48-51-49(40-26-23-38(24-27-40)35-14-8-5-9-15-35)53-50(52-48)43-28-25-36-16-10-11-17-41(36)31-43/h2-32H,1,33H2/b18-3-. The van der Waals surface area contributed by atoms with E-state index in [0.717, 1.165) is 61.1 Å². The molecule has 0 atom stereocenters. The Kier molecular flexibility index (Phi) is 8.76. The van der Waals surface area contributed by atoms with Crippen LogP contribution in [-0.2, 0) is 6.42 Å². The SMILES string of the molecule is C=C/C=C\c1oc2cc(-c3ccc(-c4ccccc4)cc3)ccc2c1Cc1nc(-c2ccc(-c3ccccc3)cc2)nc(-c2ccc3ccccc3c2)n1. The molecule has 0 fully saturated rings. The molecule has 0 aliphatic heterocycles. The van der Waals surface area contributed by atoms with Gasteiger partial charge in [0.05, 0.1) is 0 Å². The van der Waals surface area contributed by atoms with Crippen LogP contribution in [0.25, 0.3) is 84.0 Å². The van der Waals surface area contributed by atoms with Crippen LogP contribution in [0.3, 0.4) is 0 Å². The first-order valence-electron chi connectivity index (χ1n) is 18.1. The molecular formula is C50H35N3O. The van der Waals surface area contributed by atoms with E-state index in [9.17, 15) is 0 Å². The predicted molar refractivity (Wildman–Crippen MR) is 223 cm³/mol. The number of hydrogen-bond acceptors (Lipinski definition) is 4. The van der Waals surface area contributed by atoms with Crippen LogP contribution in [-0.4, -0.2) is 15.0 Å². The molecule has 0 N–H and O–H groups in total. The van der Waals surface area contributed by atoms with Gasteiger partial charge in [0.25, 0.3) is 0 Å². The van der Waals surface area contributed by atoms with Gasteiger partial charge in [-0.2, -0.15) is 0 Å². The molecule has 4 nitrogen and oxygen atoms in total. The zero-order chi connectivity index (χ0) is 36.3. The monoisotopic (exact) mass is 693 g/mol. The topological polar surface area (TPSA) is 51.8 Å². The van der Waals surface area contributed by atoms with Crippen LogP contribution in [0.5, 0.6) is 0 Å². The Balaban J connectivity index is 1.12. The quantitative estimate of drug-likeness (QED) is 0.141. The van der Waals surface area contributed by atoms with Crippen LogP contribution in [0.15, 0.2) is 193 Å². The van der Waals surface area contributed by atoms with Gasteiger partial charge in [0, 0.05) is 28.5 Å². The minimum absolute atomic E-state index is 0.452. The fourth-order valence-electron chi connectivity index (χ4n) is 6.99. The van der Waals surface area contributed by atoms with Gasteiger partial charge in [-0.05, 0) is 62.4 Å². The summed E-state index contributed by atoms with van der Waals surface area (Å²) in [5.41, 5.74) is 10.6. The molecule has 2 aromatic heterocycles. The minimum Gasteiger partial charge on any atom is -0.456 e. The molecular weight excluding hydrogens is 659 g/mol. The summed E-state index contributed by atoms with van der Waals surface area (Å²) in [4.78, 5) is 15.2. The summed E-state index contributed by atoms with van der Waals surface area (Å²) in [5.74, 6) is 2.67. The predicted octanol–water partition coefficient (Wildman–Crippen LogP) is 12.9. The van der Waals surface area contributed by atoms with Gasteiger partial charge in [-0.3, -0.25) is 0 Å². The van der Waals surface area contributed by atoms with Crippen LogP contribution in [0.4, 0.5) is 0 Å². The molecule has 0 amide bonds. The Morgan fingerprint density at radius 3 is 1.63 bits per heavy atom. The first kappa shape index (κ1) is 32.7. The van der Waals surface area contributed by atoms with E-state index in [0.29, 0.717) is 23.9 Å². The number of furan rings is 1. The van der Waals surface area contributed by atoms with Crippen molar-refractivity contribution in [3.63, 3.8) is 0 Å². The number of hydrogen-bond donors (Lipinski definition) is 0. The van der Waals surface area contributed by atoms with Crippen molar-refractivity contribution in [3.8, 4) is 56.2 Å². The van der Waals surface area contributed by atoms with Crippen molar-refractivity contribution < 1.29 is 4.42 Å². The fraction of sp³-hybridized carbons (Fsp3) is 0.0200. The second-order valence-corrected chi connectivity index (χ2v) is 13.3. The summed E-state index contributed by atoms with van der Waals surface area (Å²) in [7, 11) is 0. The Morgan fingerprint density at radius 1 is 0.463 bits per heavy atom. The average molecular weight is 694 g/mol. The average Bonchev–Trinajstić information content (AvgIpc) is 3.59. The van der Waals surface area contributed by atoms with E-state index in [1.54, 1.807) is 6.08 Å². The van der Waals surface area contributed by atoms with E-state index in [1.165, 1.54) is 16.5 Å². The highest BCUT2D eigenvalue weighted by atomic mass is 16.3. The van der Waals surface area contributed by atoms with Crippen LogP contribution >= 0.6 is 0 Å². The Hall–Kier alpha value is -7.17. The summed E-state index contributed by atoms with van der Waals surface area (Å²) in [6, 6.07) is 59.0. The molecule has 4 heteroatoms.